The Morgan fingerprint density at radius 3 is 0.933 bits per heavy atom. The summed E-state index contributed by atoms with van der Waals surface area (Å²) < 4.78 is 32.2. The highest BCUT2D eigenvalue weighted by Gasteiger charge is 2.46. The largest absolute Gasteiger partial charge is 0.373 e. The Kier molecular flexibility index (Phi) is 7.27. The second-order valence-electron chi connectivity index (χ2n) is 9.08. The van der Waals surface area contributed by atoms with E-state index in [0.29, 0.717) is 39.0 Å². The summed E-state index contributed by atoms with van der Waals surface area (Å²) in [6, 6.07) is 0.212. The number of hydrogen-bond acceptors (Lipinski definition) is 11. The molecule has 6 rings (SSSR count). The van der Waals surface area contributed by atoms with Crippen LogP contribution < -0.4 is 28.7 Å². The first-order valence-corrected chi connectivity index (χ1v) is 10.8. The van der Waals surface area contributed by atoms with Crippen LogP contribution in [-0.4, -0.2) is 106 Å². The smallest absolute Gasteiger partial charge is 0.103 e. The van der Waals surface area contributed by atoms with Gasteiger partial charge < -0.3 is 57.1 Å². The summed E-state index contributed by atoms with van der Waals surface area (Å²) in [4.78, 5) is 0. The summed E-state index contributed by atoms with van der Waals surface area (Å²) in [6.45, 7) is 5.96. The molecule has 6 saturated heterocycles. The van der Waals surface area contributed by atoms with E-state index in [-0.39, 0.29) is 66.8 Å². The molecule has 6 fully saturated rings. The van der Waals surface area contributed by atoms with Crippen molar-refractivity contribution in [2.75, 3.05) is 39.6 Å². The van der Waals surface area contributed by atoms with Crippen molar-refractivity contribution in [3.63, 3.8) is 0 Å². The van der Waals surface area contributed by atoms with Gasteiger partial charge in [0.15, 0.2) is 0 Å². The molecule has 9 unspecified atom stereocenters. The van der Waals surface area contributed by atoms with E-state index in [1.54, 1.807) is 0 Å². The van der Waals surface area contributed by atoms with Crippen molar-refractivity contribution in [1.29, 1.82) is 0 Å². The lowest BCUT2D eigenvalue weighted by Crippen LogP contribution is -2.39. The SMILES string of the molecule is CC1COC2C(N)COC12.NC1COC2C1OC[C@H]2N.N[C@@H]1COC2C1OC[C@H]2N. The van der Waals surface area contributed by atoms with Crippen LogP contribution in [-0.2, 0) is 28.4 Å². The van der Waals surface area contributed by atoms with Crippen LogP contribution in [0, 0.1) is 5.92 Å². The van der Waals surface area contributed by atoms with Gasteiger partial charge in [0.25, 0.3) is 0 Å². The molecule has 6 aliphatic rings. The maximum absolute atomic E-state index is 5.73. The predicted octanol–water partition coefficient (Wildman–Crippen LogP) is -3.38. The maximum atomic E-state index is 5.73. The van der Waals surface area contributed by atoms with Crippen LogP contribution >= 0.6 is 0 Å². The first-order chi connectivity index (χ1) is 14.4. The summed E-state index contributed by atoms with van der Waals surface area (Å²) in [5, 5.41) is 0. The molecular formula is C19H37N5O6. The fraction of sp³-hybridized carbons (Fsp3) is 1.00. The van der Waals surface area contributed by atoms with E-state index in [2.05, 4.69) is 6.92 Å². The minimum atomic E-state index is 0.0264. The Balaban J connectivity index is 0.000000109. The zero-order chi connectivity index (χ0) is 21.4. The Hall–Kier alpha value is -0.440. The van der Waals surface area contributed by atoms with E-state index in [9.17, 15) is 0 Å². The van der Waals surface area contributed by atoms with E-state index in [1.807, 2.05) is 0 Å². The molecule has 0 saturated carbocycles. The van der Waals surface area contributed by atoms with Gasteiger partial charge >= 0.3 is 0 Å². The molecule has 10 N–H and O–H groups in total. The van der Waals surface area contributed by atoms with Gasteiger partial charge in [-0.2, -0.15) is 0 Å². The van der Waals surface area contributed by atoms with E-state index in [4.69, 9.17) is 57.1 Å². The highest BCUT2D eigenvalue weighted by molar-refractivity contribution is 4.98. The Morgan fingerprint density at radius 2 is 0.633 bits per heavy atom. The highest BCUT2D eigenvalue weighted by atomic mass is 16.6. The molecular weight excluding hydrogens is 394 g/mol. The summed E-state index contributed by atoms with van der Waals surface area (Å²) in [6.07, 6.45) is 0.653. The molecule has 0 aromatic heterocycles. The van der Waals surface area contributed by atoms with E-state index in [1.165, 1.54) is 0 Å². The molecule has 174 valence electrons. The third-order valence-electron chi connectivity index (χ3n) is 6.60. The average Bonchev–Trinajstić information content (AvgIpc) is 3.52. The maximum Gasteiger partial charge on any atom is 0.103 e. The van der Waals surface area contributed by atoms with Gasteiger partial charge in [-0.05, 0) is 0 Å². The molecule has 11 nitrogen and oxygen atoms in total. The van der Waals surface area contributed by atoms with Crippen molar-refractivity contribution in [3.05, 3.63) is 0 Å². The van der Waals surface area contributed by atoms with Crippen LogP contribution in [0.2, 0.25) is 0 Å². The van der Waals surface area contributed by atoms with E-state index >= 15 is 0 Å². The van der Waals surface area contributed by atoms with Crippen LogP contribution in [0.3, 0.4) is 0 Å². The van der Waals surface area contributed by atoms with Crippen LogP contribution in [0.15, 0.2) is 0 Å². The molecule has 0 spiro atoms. The normalized spacial score (nSPS) is 53.4. The molecule has 0 bridgehead atoms. The van der Waals surface area contributed by atoms with Crippen molar-refractivity contribution in [1.82, 2.24) is 0 Å². The molecule has 0 aromatic rings. The first-order valence-electron chi connectivity index (χ1n) is 10.8. The van der Waals surface area contributed by atoms with Gasteiger partial charge in [-0.3, -0.25) is 0 Å². The van der Waals surface area contributed by atoms with Crippen LogP contribution in [0.5, 0.6) is 0 Å². The average molecular weight is 432 g/mol. The van der Waals surface area contributed by atoms with Crippen LogP contribution in [0.1, 0.15) is 6.92 Å². The highest BCUT2D eigenvalue weighted by Crippen LogP contribution is 2.29. The summed E-state index contributed by atoms with van der Waals surface area (Å²) >= 11 is 0. The van der Waals surface area contributed by atoms with Gasteiger partial charge in [0, 0.05) is 5.92 Å². The monoisotopic (exact) mass is 431 g/mol. The van der Waals surface area contributed by atoms with Crippen LogP contribution in [0.4, 0.5) is 0 Å². The van der Waals surface area contributed by atoms with E-state index in [0.717, 1.165) is 6.61 Å². The molecule has 0 radical (unpaired) electrons. The molecule has 6 aliphatic heterocycles. The van der Waals surface area contributed by atoms with Crippen LogP contribution in [0.25, 0.3) is 0 Å². The predicted molar refractivity (Wildman–Crippen MR) is 107 cm³/mol. The second kappa shape index (κ2) is 9.59. The third kappa shape index (κ3) is 4.52. The summed E-state index contributed by atoms with van der Waals surface area (Å²) in [5.74, 6) is 0.526. The molecule has 0 aliphatic carbocycles. The number of ether oxygens (including phenoxy) is 6. The van der Waals surface area contributed by atoms with Crippen molar-refractivity contribution < 1.29 is 28.4 Å². The Morgan fingerprint density at radius 1 is 0.400 bits per heavy atom. The van der Waals surface area contributed by atoms with Crippen molar-refractivity contribution in [2.45, 2.75) is 73.8 Å². The molecule has 12 atom stereocenters. The summed E-state index contributed by atoms with van der Waals surface area (Å²) in [5.41, 5.74) is 28.4. The van der Waals surface area contributed by atoms with Crippen molar-refractivity contribution in [2.24, 2.45) is 34.6 Å². The minimum absolute atomic E-state index is 0.0264. The fourth-order valence-electron chi connectivity index (χ4n) is 4.84. The molecule has 30 heavy (non-hydrogen) atoms. The van der Waals surface area contributed by atoms with Gasteiger partial charge in [-0.1, -0.05) is 6.92 Å². The Labute approximate surface area is 177 Å². The topological polar surface area (TPSA) is 185 Å². The summed E-state index contributed by atoms with van der Waals surface area (Å²) in [7, 11) is 0. The van der Waals surface area contributed by atoms with Gasteiger partial charge in [-0.25, -0.2) is 0 Å². The third-order valence-corrected chi connectivity index (χ3v) is 6.60. The first kappa shape index (κ1) is 22.7. The number of fused-ring (bicyclic) bond motifs is 3. The van der Waals surface area contributed by atoms with Gasteiger partial charge in [0.2, 0.25) is 0 Å². The number of nitrogens with two attached hydrogens (primary N) is 5. The van der Waals surface area contributed by atoms with Gasteiger partial charge in [0.05, 0.1) is 76.0 Å². The lowest BCUT2D eigenvalue weighted by molar-refractivity contribution is 0.0650. The lowest BCUT2D eigenvalue weighted by Gasteiger charge is -2.10. The zero-order valence-electron chi connectivity index (χ0n) is 17.5. The lowest BCUT2D eigenvalue weighted by atomic mass is 10.0. The quantitative estimate of drug-likeness (QED) is 0.258. The van der Waals surface area contributed by atoms with Gasteiger partial charge in [-0.15, -0.1) is 0 Å². The van der Waals surface area contributed by atoms with E-state index < -0.39 is 0 Å². The molecule has 11 heteroatoms. The minimum Gasteiger partial charge on any atom is -0.373 e. The number of rotatable bonds is 0. The fourth-order valence-corrected chi connectivity index (χ4v) is 4.84. The molecule has 6 heterocycles. The van der Waals surface area contributed by atoms with Crippen molar-refractivity contribution in [3.8, 4) is 0 Å². The number of hydrogen-bond donors (Lipinski definition) is 5. The Bertz CT molecular complexity index is 451. The molecule has 0 amide bonds. The van der Waals surface area contributed by atoms with Gasteiger partial charge in [0.1, 0.15) is 30.5 Å². The molecule has 0 aromatic carbocycles. The standard InChI is InChI=1S/C7H13NO2.2C6H12N2O2/c1-4-2-9-7-5(8)3-10-6(4)7;2*7-3-1-9-6-4(8)2-10-5(3)6/h4-7H,2-3,8H2,1H3;2*3-6H,1-2,7-8H2/t;3-,4?,5?,6?;3-,4-,5?,6?/m.11/s1. The van der Waals surface area contributed by atoms with Crippen molar-refractivity contribution >= 4 is 0 Å². The zero-order valence-corrected chi connectivity index (χ0v) is 17.5. The second-order valence-corrected chi connectivity index (χ2v) is 9.08.